The highest BCUT2D eigenvalue weighted by Crippen LogP contribution is 2.19. The molecular formula is C17H20O4. The third-order valence-electron chi connectivity index (χ3n) is 2.99. The number of rotatable bonds is 8. The summed E-state index contributed by atoms with van der Waals surface area (Å²) in [5, 5.41) is 10.0. The first-order chi connectivity index (χ1) is 10.3. The summed E-state index contributed by atoms with van der Waals surface area (Å²) in [6.45, 7) is 1.11. The van der Waals surface area contributed by atoms with Gasteiger partial charge in [0.25, 0.3) is 0 Å². The van der Waals surface area contributed by atoms with Crippen LogP contribution in [0.25, 0.3) is 0 Å². The number of ether oxygens (including phenoxy) is 3. The number of methoxy groups -OCH3 is 1. The molecule has 0 aliphatic heterocycles. The first-order valence-corrected chi connectivity index (χ1v) is 6.87. The van der Waals surface area contributed by atoms with Gasteiger partial charge in [-0.1, -0.05) is 30.3 Å². The van der Waals surface area contributed by atoms with Crippen molar-refractivity contribution in [2.24, 2.45) is 0 Å². The SMILES string of the molecule is COc1cccc(C(O)COCCOc2ccccc2)c1. The van der Waals surface area contributed by atoms with E-state index in [1.165, 1.54) is 0 Å². The number of aliphatic hydroxyl groups excluding tert-OH is 1. The Balaban J connectivity index is 1.68. The van der Waals surface area contributed by atoms with E-state index in [0.29, 0.717) is 13.2 Å². The molecule has 4 heteroatoms. The van der Waals surface area contributed by atoms with Crippen LogP contribution in [-0.4, -0.2) is 32.0 Å². The molecule has 2 aromatic rings. The lowest BCUT2D eigenvalue weighted by molar-refractivity contribution is 0.0239. The van der Waals surface area contributed by atoms with Crippen molar-refractivity contribution < 1.29 is 19.3 Å². The van der Waals surface area contributed by atoms with Gasteiger partial charge in [0.15, 0.2) is 0 Å². The van der Waals surface area contributed by atoms with Gasteiger partial charge in [0.2, 0.25) is 0 Å². The second-order valence-electron chi connectivity index (χ2n) is 4.53. The molecule has 0 bridgehead atoms. The first-order valence-electron chi connectivity index (χ1n) is 6.87. The fraction of sp³-hybridized carbons (Fsp3) is 0.294. The van der Waals surface area contributed by atoms with Crippen LogP contribution in [-0.2, 0) is 4.74 Å². The van der Waals surface area contributed by atoms with Gasteiger partial charge >= 0.3 is 0 Å². The average molecular weight is 288 g/mol. The zero-order chi connectivity index (χ0) is 14.9. The molecule has 0 amide bonds. The maximum atomic E-state index is 10.0. The Morgan fingerprint density at radius 3 is 2.48 bits per heavy atom. The second kappa shape index (κ2) is 8.29. The molecule has 112 valence electrons. The van der Waals surface area contributed by atoms with Gasteiger partial charge in [-0.3, -0.25) is 0 Å². The molecule has 2 rings (SSSR count). The molecule has 0 aliphatic rings. The lowest BCUT2D eigenvalue weighted by Crippen LogP contribution is -2.12. The van der Waals surface area contributed by atoms with Gasteiger partial charge in [0.1, 0.15) is 24.2 Å². The molecule has 0 fully saturated rings. The molecule has 4 nitrogen and oxygen atoms in total. The Bertz CT molecular complexity index is 527. The predicted molar refractivity (Wildman–Crippen MR) is 80.7 cm³/mol. The van der Waals surface area contributed by atoms with E-state index in [2.05, 4.69) is 0 Å². The van der Waals surface area contributed by atoms with Crippen molar-refractivity contribution in [3.63, 3.8) is 0 Å². The molecule has 21 heavy (non-hydrogen) atoms. The van der Waals surface area contributed by atoms with Crippen LogP contribution < -0.4 is 9.47 Å². The lowest BCUT2D eigenvalue weighted by atomic mass is 10.1. The Hall–Kier alpha value is -2.04. The third kappa shape index (κ3) is 5.10. The summed E-state index contributed by atoms with van der Waals surface area (Å²) in [5.41, 5.74) is 0.776. The molecule has 0 heterocycles. The maximum Gasteiger partial charge on any atom is 0.119 e. The molecule has 0 radical (unpaired) electrons. The Morgan fingerprint density at radius 2 is 1.71 bits per heavy atom. The normalized spacial score (nSPS) is 11.9. The van der Waals surface area contributed by atoms with E-state index >= 15 is 0 Å². The zero-order valence-corrected chi connectivity index (χ0v) is 12.1. The van der Waals surface area contributed by atoms with Gasteiger partial charge in [0.05, 0.1) is 20.3 Å². The molecule has 0 aromatic heterocycles. The first kappa shape index (κ1) is 15.4. The largest absolute Gasteiger partial charge is 0.497 e. The van der Waals surface area contributed by atoms with Crippen molar-refractivity contribution in [3.05, 3.63) is 60.2 Å². The minimum Gasteiger partial charge on any atom is -0.497 e. The molecule has 0 saturated carbocycles. The fourth-order valence-corrected chi connectivity index (χ4v) is 1.88. The van der Waals surface area contributed by atoms with E-state index in [1.54, 1.807) is 13.2 Å². The highest BCUT2D eigenvalue weighted by molar-refractivity contribution is 5.29. The van der Waals surface area contributed by atoms with Crippen LogP contribution in [0, 0.1) is 0 Å². The quantitative estimate of drug-likeness (QED) is 0.759. The summed E-state index contributed by atoms with van der Waals surface area (Å²) in [6, 6.07) is 16.9. The third-order valence-corrected chi connectivity index (χ3v) is 2.99. The standard InChI is InChI=1S/C17H20O4/c1-19-16-9-5-6-14(12-16)17(18)13-20-10-11-21-15-7-3-2-4-8-15/h2-9,12,17-18H,10-11,13H2,1H3. The summed E-state index contributed by atoms with van der Waals surface area (Å²) in [7, 11) is 1.60. The Kier molecular flexibility index (Phi) is 6.06. The lowest BCUT2D eigenvalue weighted by Gasteiger charge is -2.13. The average Bonchev–Trinajstić information content (AvgIpc) is 2.55. The molecule has 2 aromatic carbocycles. The zero-order valence-electron chi connectivity index (χ0n) is 12.1. The summed E-state index contributed by atoms with van der Waals surface area (Å²) in [5.74, 6) is 1.54. The van der Waals surface area contributed by atoms with Crippen LogP contribution in [0.1, 0.15) is 11.7 Å². The smallest absolute Gasteiger partial charge is 0.119 e. The maximum absolute atomic E-state index is 10.0. The monoisotopic (exact) mass is 288 g/mol. The predicted octanol–water partition coefficient (Wildman–Crippen LogP) is 2.82. The van der Waals surface area contributed by atoms with Gasteiger partial charge < -0.3 is 19.3 Å². The molecule has 0 aliphatic carbocycles. The number of aliphatic hydroxyl groups is 1. The Morgan fingerprint density at radius 1 is 0.952 bits per heavy atom. The van der Waals surface area contributed by atoms with E-state index in [4.69, 9.17) is 14.2 Å². The molecule has 1 N–H and O–H groups in total. The molecule has 1 unspecified atom stereocenters. The van der Waals surface area contributed by atoms with Gasteiger partial charge in [-0.25, -0.2) is 0 Å². The minimum atomic E-state index is -0.670. The summed E-state index contributed by atoms with van der Waals surface area (Å²) >= 11 is 0. The van der Waals surface area contributed by atoms with E-state index in [0.717, 1.165) is 17.1 Å². The minimum absolute atomic E-state index is 0.227. The van der Waals surface area contributed by atoms with Crippen LogP contribution in [0.4, 0.5) is 0 Å². The van der Waals surface area contributed by atoms with Crippen molar-refractivity contribution in [2.45, 2.75) is 6.10 Å². The van der Waals surface area contributed by atoms with Gasteiger partial charge in [-0.2, -0.15) is 0 Å². The molecule has 0 spiro atoms. The highest BCUT2D eigenvalue weighted by atomic mass is 16.5. The van der Waals surface area contributed by atoms with Crippen LogP contribution in [0.15, 0.2) is 54.6 Å². The van der Waals surface area contributed by atoms with Crippen molar-refractivity contribution in [3.8, 4) is 11.5 Å². The number of hydrogen-bond donors (Lipinski definition) is 1. The van der Waals surface area contributed by atoms with Crippen LogP contribution in [0.3, 0.4) is 0 Å². The van der Waals surface area contributed by atoms with Crippen molar-refractivity contribution in [1.29, 1.82) is 0 Å². The van der Waals surface area contributed by atoms with Crippen LogP contribution in [0.5, 0.6) is 11.5 Å². The summed E-state index contributed by atoms with van der Waals surface area (Å²) in [6.07, 6.45) is -0.670. The van der Waals surface area contributed by atoms with Gasteiger partial charge in [-0.15, -0.1) is 0 Å². The Labute approximate surface area is 124 Å². The second-order valence-corrected chi connectivity index (χ2v) is 4.53. The highest BCUT2D eigenvalue weighted by Gasteiger charge is 2.08. The molecule has 0 saturated heterocycles. The van der Waals surface area contributed by atoms with E-state index in [9.17, 15) is 5.11 Å². The molecule has 1 atom stereocenters. The van der Waals surface area contributed by atoms with Crippen molar-refractivity contribution in [1.82, 2.24) is 0 Å². The topological polar surface area (TPSA) is 47.9 Å². The van der Waals surface area contributed by atoms with Crippen molar-refractivity contribution in [2.75, 3.05) is 26.9 Å². The fourth-order valence-electron chi connectivity index (χ4n) is 1.88. The molecular weight excluding hydrogens is 268 g/mol. The van der Waals surface area contributed by atoms with Gasteiger partial charge in [0, 0.05) is 0 Å². The van der Waals surface area contributed by atoms with E-state index in [1.807, 2.05) is 48.5 Å². The van der Waals surface area contributed by atoms with Crippen LogP contribution >= 0.6 is 0 Å². The summed E-state index contributed by atoms with van der Waals surface area (Å²) < 4.78 is 16.1. The van der Waals surface area contributed by atoms with Crippen molar-refractivity contribution >= 4 is 0 Å². The van der Waals surface area contributed by atoms with E-state index in [-0.39, 0.29) is 6.61 Å². The number of hydrogen-bond acceptors (Lipinski definition) is 4. The number of benzene rings is 2. The summed E-state index contributed by atoms with van der Waals surface area (Å²) in [4.78, 5) is 0. The number of para-hydroxylation sites is 1. The van der Waals surface area contributed by atoms with Gasteiger partial charge in [-0.05, 0) is 29.8 Å². The van der Waals surface area contributed by atoms with Crippen LogP contribution in [0.2, 0.25) is 0 Å². The van der Waals surface area contributed by atoms with E-state index < -0.39 is 6.10 Å².